The van der Waals surface area contributed by atoms with Gasteiger partial charge in [-0.15, -0.1) is 0 Å². The summed E-state index contributed by atoms with van der Waals surface area (Å²) in [6.45, 7) is 10.3. The molecule has 2 unspecified atom stereocenters. The molecule has 3 nitrogen and oxygen atoms in total. The van der Waals surface area contributed by atoms with Gasteiger partial charge in [-0.05, 0) is 43.1 Å². The number of rotatable bonds is 7. The Labute approximate surface area is 127 Å². The largest absolute Gasteiger partial charge is 0.376 e. The van der Waals surface area contributed by atoms with Crippen LogP contribution in [0.1, 0.15) is 39.3 Å². The fraction of sp³-hybridized carbons (Fsp3) is 0.500. The first-order valence-corrected chi connectivity index (χ1v) is 7.87. The summed E-state index contributed by atoms with van der Waals surface area (Å²) in [6.07, 6.45) is 2.00. The van der Waals surface area contributed by atoms with E-state index >= 15 is 0 Å². The summed E-state index contributed by atoms with van der Waals surface area (Å²) in [4.78, 5) is 4.39. The summed E-state index contributed by atoms with van der Waals surface area (Å²) in [6, 6.07) is 10.8. The highest BCUT2D eigenvalue weighted by molar-refractivity contribution is 5.79. The fourth-order valence-corrected chi connectivity index (χ4v) is 2.80. The normalized spacial score (nSPS) is 14.5. The Bertz CT molecular complexity index is 568. The van der Waals surface area contributed by atoms with Gasteiger partial charge < -0.3 is 10.1 Å². The van der Waals surface area contributed by atoms with Gasteiger partial charge in [0.1, 0.15) is 0 Å². The van der Waals surface area contributed by atoms with E-state index in [0.717, 1.165) is 18.7 Å². The van der Waals surface area contributed by atoms with Gasteiger partial charge in [0.2, 0.25) is 0 Å². The quantitative estimate of drug-likeness (QED) is 0.837. The van der Waals surface area contributed by atoms with E-state index in [1.165, 1.54) is 10.9 Å². The molecule has 0 bridgehead atoms. The van der Waals surface area contributed by atoms with Crippen molar-refractivity contribution in [3.63, 3.8) is 0 Å². The summed E-state index contributed by atoms with van der Waals surface area (Å²) < 4.78 is 6.01. The lowest BCUT2D eigenvalue weighted by molar-refractivity contribution is 0.00321. The Morgan fingerprint density at radius 3 is 2.67 bits per heavy atom. The van der Waals surface area contributed by atoms with Crippen molar-refractivity contribution in [3.05, 3.63) is 42.1 Å². The molecule has 0 aliphatic carbocycles. The third kappa shape index (κ3) is 3.80. The summed E-state index contributed by atoms with van der Waals surface area (Å²) in [5.74, 6) is 0.457. The highest BCUT2D eigenvalue weighted by atomic mass is 16.5. The van der Waals surface area contributed by atoms with Crippen molar-refractivity contribution < 1.29 is 4.74 Å². The third-order valence-corrected chi connectivity index (χ3v) is 3.75. The number of likely N-dealkylation sites (N-methyl/N-ethyl adjacent to an activating group) is 1. The standard InChI is InChI=1S/C18H26N2O/c1-5-19-17(18(13(3)4)21-6-2)15-9-10-16-14(12-15)8-7-11-20-16/h7-13,17-19H,5-6H2,1-4H3. The molecule has 114 valence electrons. The van der Waals surface area contributed by atoms with Crippen molar-refractivity contribution in [2.75, 3.05) is 13.2 Å². The summed E-state index contributed by atoms with van der Waals surface area (Å²) in [5, 5.41) is 4.76. The second-order valence-corrected chi connectivity index (χ2v) is 5.65. The van der Waals surface area contributed by atoms with Crippen LogP contribution < -0.4 is 5.32 Å². The molecule has 0 fully saturated rings. The van der Waals surface area contributed by atoms with Crippen LogP contribution in [0.3, 0.4) is 0 Å². The first-order chi connectivity index (χ1) is 10.2. The smallest absolute Gasteiger partial charge is 0.0792 e. The number of hydrogen-bond acceptors (Lipinski definition) is 3. The maximum atomic E-state index is 6.01. The van der Waals surface area contributed by atoms with Crippen LogP contribution in [-0.2, 0) is 4.74 Å². The monoisotopic (exact) mass is 286 g/mol. The maximum absolute atomic E-state index is 6.01. The van der Waals surface area contributed by atoms with Gasteiger partial charge >= 0.3 is 0 Å². The van der Waals surface area contributed by atoms with E-state index in [1.54, 1.807) is 0 Å². The lowest BCUT2D eigenvalue weighted by Gasteiger charge is -2.31. The summed E-state index contributed by atoms with van der Waals surface area (Å²) in [5.41, 5.74) is 2.30. The first kappa shape index (κ1) is 15.9. The van der Waals surface area contributed by atoms with E-state index in [2.05, 4.69) is 62.3 Å². The van der Waals surface area contributed by atoms with Gasteiger partial charge in [-0.1, -0.05) is 32.9 Å². The molecular formula is C18H26N2O. The number of nitrogens with zero attached hydrogens (tertiary/aromatic N) is 1. The number of hydrogen-bond donors (Lipinski definition) is 1. The van der Waals surface area contributed by atoms with Gasteiger partial charge in [0, 0.05) is 18.2 Å². The topological polar surface area (TPSA) is 34.2 Å². The molecule has 2 aromatic rings. The molecule has 21 heavy (non-hydrogen) atoms. The highest BCUT2D eigenvalue weighted by Crippen LogP contribution is 2.27. The highest BCUT2D eigenvalue weighted by Gasteiger charge is 2.26. The van der Waals surface area contributed by atoms with Crippen molar-refractivity contribution in [2.45, 2.75) is 39.8 Å². The molecule has 1 aromatic heterocycles. The van der Waals surface area contributed by atoms with Crippen molar-refractivity contribution >= 4 is 10.9 Å². The molecule has 0 aliphatic heterocycles. The fourth-order valence-electron chi connectivity index (χ4n) is 2.80. The molecule has 0 spiro atoms. The average Bonchev–Trinajstić information content (AvgIpc) is 2.50. The Kier molecular flexibility index (Phi) is 5.71. The van der Waals surface area contributed by atoms with Crippen LogP contribution in [0.5, 0.6) is 0 Å². The lowest BCUT2D eigenvalue weighted by Crippen LogP contribution is -2.37. The third-order valence-electron chi connectivity index (χ3n) is 3.75. The number of nitrogens with one attached hydrogen (secondary N) is 1. The Morgan fingerprint density at radius 1 is 1.19 bits per heavy atom. The molecule has 3 heteroatoms. The van der Waals surface area contributed by atoms with Crippen LogP contribution in [0.2, 0.25) is 0 Å². The minimum absolute atomic E-state index is 0.170. The van der Waals surface area contributed by atoms with Gasteiger partial charge in [0.25, 0.3) is 0 Å². The van der Waals surface area contributed by atoms with Crippen LogP contribution >= 0.6 is 0 Å². The first-order valence-electron chi connectivity index (χ1n) is 7.87. The van der Waals surface area contributed by atoms with Crippen molar-refractivity contribution in [1.29, 1.82) is 0 Å². The molecular weight excluding hydrogens is 260 g/mol. The van der Waals surface area contributed by atoms with E-state index in [-0.39, 0.29) is 12.1 Å². The average molecular weight is 286 g/mol. The van der Waals surface area contributed by atoms with Gasteiger partial charge in [-0.3, -0.25) is 4.98 Å². The van der Waals surface area contributed by atoms with Crippen molar-refractivity contribution in [1.82, 2.24) is 10.3 Å². The molecule has 2 atom stereocenters. The van der Waals surface area contributed by atoms with Gasteiger partial charge in [0.05, 0.1) is 17.7 Å². The van der Waals surface area contributed by atoms with Crippen LogP contribution in [0.25, 0.3) is 10.9 Å². The molecule has 1 N–H and O–H groups in total. The summed E-state index contributed by atoms with van der Waals surface area (Å²) in [7, 11) is 0. The Morgan fingerprint density at radius 2 is 2.00 bits per heavy atom. The van der Waals surface area contributed by atoms with Crippen molar-refractivity contribution in [3.8, 4) is 0 Å². The number of benzene rings is 1. The molecule has 0 saturated heterocycles. The zero-order valence-corrected chi connectivity index (χ0v) is 13.5. The minimum Gasteiger partial charge on any atom is -0.376 e. The van der Waals surface area contributed by atoms with Crippen molar-refractivity contribution in [2.24, 2.45) is 5.92 Å². The van der Waals surface area contributed by atoms with Crippen LogP contribution in [0, 0.1) is 5.92 Å². The van der Waals surface area contributed by atoms with E-state index in [9.17, 15) is 0 Å². The van der Waals surface area contributed by atoms with E-state index in [1.807, 2.05) is 12.3 Å². The Balaban J connectivity index is 2.38. The second kappa shape index (κ2) is 7.53. The van der Waals surface area contributed by atoms with Crippen LogP contribution in [0.15, 0.2) is 36.5 Å². The predicted octanol–water partition coefficient (Wildman–Crippen LogP) is 3.95. The molecule has 0 aliphatic rings. The zero-order valence-electron chi connectivity index (χ0n) is 13.5. The summed E-state index contributed by atoms with van der Waals surface area (Å²) >= 11 is 0. The lowest BCUT2D eigenvalue weighted by atomic mass is 9.92. The number of ether oxygens (including phenoxy) is 1. The minimum atomic E-state index is 0.170. The van der Waals surface area contributed by atoms with Crippen LogP contribution in [-0.4, -0.2) is 24.2 Å². The molecule has 1 heterocycles. The van der Waals surface area contributed by atoms with Crippen LogP contribution in [0.4, 0.5) is 0 Å². The van der Waals surface area contributed by atoms with E-state index in [4.69, 9.17) is 4.74 Å². The zero-order chi connectivity index (χ0) is 15.2. The predicted molar refractivity (Wildman–Crippen MR) is 88.4 cm³/mol. The SMILES string of the molecule is CCNC(c1ccc2ncccc2c1)C(OCC)C(C)C. The molecule has 0 radical (unpaired) electrons. The van der Waals surface area contributed by atoms with E-state index < -0.39 is 0 Å². The van der Waals surface area contributed by atoms with Gasteiger partial charge in [0.15, 0.2) is 0 Å². The van der Waals surface area contributed by atoms with E-state index in [0.29, 0.717) is 5.92 Å². The van der Waals surface area contributed by atoms with Gasteiger partial charge in [-0.2, -0.15) is 0 Å². The number of pyridine rings is 1. The second-order valence-electron chi connectivity index (χ2n) is 5.65. The molecule has 2 rings (SSSR count). The number of aromatic nitrogens is 1. The Hall–Kier alpha value is -1.45. The molecule has 0 saturated carbocycles. The van der Waals surface area contributed by atoms with Gasteiger partial charge in [-0.25, -0.2) is 0 Å². The molecule has 1 aromatic carbocycles. The maximum Gasteiger partial charge on any atom is 0.0792 e. The molecule has 0 amide bonds. The number of fused-ring (bicyclic) bond motifs is 1.